The average Bonchev–Trinajstić information content (AvgIpc) is 2.94. The number of ether oxygens (including phenoxy) is 1. The van der Waals surface area contributed by atoms with Gasteiger partial charge in [-0.15, -0.1) is 0 Å². The predicted octanol–water partition coefficient (Wildman–Crippen LogP) is 3.77. The highest BCUT2D eigenvalue weighted by Crippen LogP contribution is 2.65. The predicted molar refractivity (Wildman–Crippen MR) is 87.1 cm³/mol. The number of Topliss-reactive ketones (excluding diaryl/α,β-unsaturated/α-hetero) is 2. The van der Waals surface area contributed by atoms with Crippen LogP contribution in [0, 0.1) is 23.2 Å². The van der Waals surface area contributed by atoms with Gasteiger partial charge in [0.1, 0.15) is 0 Å². The molecule has 2 bridgehead atoms. The zero-order chi connectivity index (χ0) is 16.4. The van der Waals surface area contributed by atoms with E-state index in [0.717, 1.165) is 18.4 Å². The molecule has 4 rings (SSSR count). The third kappa shape index (κ3) is 1.77. The zero-order valence-electron chi connectivity index (χ0n) is 13.2. The molecule has 23 heavy (non-hydrogen) atoms. The standard InChI is InChI=1S/C19H19ClO3/c1-10-3-8-13-15(11-4-6-12(20)7-5-11)16-17(21)14(23-2)9-19(10,13)18(16)22/h4-7,9-10,13,15-16H,3,8H2,1-2H3/t10-,13+,15-,16-,19?/m1/s1. The van der Waals surface area contributed by atoms with Gasteiger partial charge in [0, 0.05) is 10.9 Å². The van der Waals surface area contributed by atoms with Crippen molar-refractivity contribution in [3.63, 3.8) is 0 Å². The monoisotopic (exact) mass is 330 g/mol. The molecule has 0 aliphatic heterocycles. The van der Waals surface area contributed by atoms with Gasteiger partial charge in [-0.1, -0.05) is 30.7 Å². The largest absolute Gasteiger partial charge is 0.493 e. The smallest absolute Gasteiger partial charge is 0.208 e. The van der Waals surface area contributed by atoms with E-state index in [1.165, 1.54) is 7.11 Å². The lowest BCUT2D eigenvalue weighted by molar-refractivity contribution is -0.137. The van der Waals surface area contributed by atoms with E-state index >= 15 is 0 Å². The lowest BCUT2D eigenvalue weighted by Crippen LogP contribution is -2.40. The van der Waals surface area contributed by atoms with Gasteiger partial charge in [0.05, 0.1) is 18.4 Å². The Kier molecular flexibility index (Phi) is 3.21. The van der Waals surface area contributed by atoms with Crippen LogP contribution < -0.4 is 0 Å². The Morgan fingerprint density at radius 1 is 1.17 bits per heavy atom. The molecule has 1 spiro atoms. The van der Waals surface area contributed by atoms with Crippen LogP contribution in [0.15, 0.2) is 36.1 Å². The van der Waals surface area contributed by atoms with Gasteiger partial charge in [0.2, 0.25) is 5.78 Å². The van der Waals surface area contributed by atoms with Crippen LogP contribution in [0.5, 0.6) is 0 Å². The van der Waals surface area contributed by atoms with Crippen molar-refractivity contribution in [1.29, 1.82) is 0 Å². The Balaban J connectivity index is 1.90. The van der Waals surface area contributed by atoms with Crippen molar-refractivity contribution >= 4 is 23.2 Å². The van der Waals surface area contributed by atoms with Crippen molar-refractivity contribution in [3.8, 4) is 0 Å². The molecule has 2 saturated carbocycles. The Bertz CT molecular complexity index is 721. The van der Waals surface area contributed by atoms with E-state index in [0.29, 0.717) is 10.8 Å². The molecule has 5 atom stereocenters. The summed E-state index contributed by atoms with van der Waals surface area (Å²) < 4.78 is 5.33. The van der Waals surface area contributed by atoms with E-state index in [2.05, 4.69) is 6.92 Å². The minimum Gasteiger partial charge on any atom is -0.493 e. The minimum absolute atomic E-state index is 0.0684. The van der Waals surface area contributed by atoms with Gasteiger partial charge in [-0.25, -0.2) is 0 Å². The van der Waals surface area contributed by atoms with Crippen molar-refractivity contribution in [3.05, 3.63) is 46.7 Å². The summed E-state index contributed by atoms with van der Waals surface area (Å²) in [5.74, 6) is 0.0450. The first-order chi connectivity index (χ1) is 11.0. The fraction of sp³-hybridized carbons (Fsp3) is 0.474. The molecule has 1 aromatic rings. The quantitative estimate of drug-likeness (QED) is 0.775. The van der Waals surface area contributed by atoms with Crippen molar-refractivity contribution in [2.75, 3.05) is 7.11 Å². The van der Waals surface area contributed by atoms with Crippen LogP contribution in [0.1, 0.15) is 31.2 Å². The molecule has 0 saturated heterocycles. The van der Waals surface area contributed by atoms with Gasteiger partial charge in [0.15, 0.2) is 11.5 Å². The second-order valence-electron chi connectivity index (χ2n) is 7.01. The van der Waals surface area contributed by atoms with Crippen molar-refractivity contribution in [2.24, 2.45) is 23.2 Å². The number of carbonyl (C=O) groups is 2. The molecular formula is C19H19ClO3. The van der Waals surface area contributed by atoms with Crippen molar-refractivity contribution in [1.82, 2.24) is 0 Å². The summed E-state index contributed by atoms with van der Waals surface area (Å²) in [6.07, 6.45) is 3.82. The Morgan fingerprint density at radius 3 is 2.52 bits per heavy atom. The van der Waals surface area contributed by atoms with Crippen LogP contribution in [-0.2, 0) is 14.3 Å². The number of methoxy groups -OCH3 is 1. The van der Waals surface area contributed by atoms with Gasteiger partial charge in [-0.05, 0) is 48.4 Å². The molecular weight excluding hydrogens is 312 g/mol. The number of ketones is 2. The Labute approximate surface area is 140 Å². The summed E-state index contributed by atoms with van der Waals surface area (Å²) in [6, 6.07) is 7.59. The summed E-state index contributed by atoms with van der Waals surface area (Å²) in [4.78, 5) is 25.9. The van der Waals surface area contributed by atoms with E-state index in [1.807, 2.05) is 30.3 Å². The van der Waals surface area contributed by atoms with E-state index in [-0.39, 0.29) is 29.3 Å². The molecule has 0 heterocycles. The first kappa shape index (κ1) is 14.9. The molecule has 0 aromatic heterocycles. The van der Waals surface area contributed by atoms with Crippen LogP contribution in [0.25, 0.3) is 0 Å². The second kappa shape index (κ2) is 4.94. The molecule has 0 radical (unpaired) electrons. The molecule has 3 nitrogen and oxygen atoms in total. The summed E-state index contributed by atoms with van der Waals surface area (Å²) in [5, 5.41) is 0.664. The molecule has 2 fully saturated rings. The summed E-state index contributed by atoms with van der Waals surface area (Å²) in [6.45, 7) is 2.12. The molecule has 120 valence electrons. The highest BCUT2D eigenvalue weighted by molar-refractivity contribution is 6.30. The molecule has 0 amide bonds. The maximum Gasteiger partial charge on any atom is 0.208 e. The summed E-state index contributed by atoms with van der Waals surface area (Å²) >= 11 is 6.00. The molecule has 3 aliphatic carbocycles. The maximum absolute atomic E-state index is 13.2. The van der Waals surface area contributed by atoms with Crippen LogP contribution in [0.4, 0.5) is 0 Å². The topological polar surface area (TPSA) is 43.4 Å². The minimum atomic E-state index is -0.608. The van der Waals surface area contributed by atoms with Crippen molar-refractivity contribution in [2.45, 2.75) is 25.7 Å². The lowest BCUT2D eigenvalue weighted by atomic mass is 9.70. The highest BCUT2D eigenvalue weighted by Gasteiger charge is 2.68. The first-order valence-corrected chi connectivity index (χ1v) is 8.49. The van der Waals surface area contributed by atoms with Crippen LogP contribution >= 0.6 is 11.6 Å². The van der Waals surface area contributed by atoms with Crippen LogP contribution in [-0.4, -0.2) is 18.7 Å². The molecule has 1 unspecified atom stereocenters. The third-order valence-electron chi connectivity index (χ3n) is 6.21. The first-order valence-electron chi connectivity index (χ1n) is 8.11. The van der Waals surface area contributed by atoms with Gasteiger partial charge >= 0.3 is 0 Å². The Morgan fingerprint density at radius 2 is 1.87 bits per heavy atom. The number of benzene rings is 1. The Hall–Kier alpha value is -1.61. The van der Waals surface area contributed by atoms with Gasteiger partial charge in [-0.2, -0.15) is 0 Å². The van der Waals surface area contributed by atoms with Crippen LogP contribution in [0.3, 0.4) is 0 Å². The normalized spacial score (nSPS) is 38.5. The molecule has 3 aliphatic rings. The van der Waals surface area contributed by atoms with E-state index in [9.17, 15) is 9.59 Å². The summed E-state index contributed by atoms with van der Waals surface area (Å²) in [7, 11) is 1.52. The van der Waals surface area contributed by atoms with E-state index in [4.69, 9.17) is 16.3 Å². The lowest BCUT2D eigenvalue weighted by Gasteiger charge is -2.32. The number of carbonyl (C=O) groups excluding carboxylic acids is 2. The SMILES string of the molecule is COC1=CC23C(=O)[C@@H](C1=O)[C@H](c1ccc(Cl)cc1)[C@@H]2CC[C@H]3C. The number of rotatable bonds is 2. The highest BCUT2D eigenvalue weighted by atomic mass is 35.5. The van der Waals surface area contributed by atoms with Gasteiger partial charge in [0.25, 0.3) is 0 Å². The summed E-state index contributed by atoms with van der Waals surface area (Å²) in [5.41, 5.74) is 0.502. The molecule has 1 aromatic carbocycles. The number of hydrogen-bond acceptors (Lipinski definition) is 3. The zero-order valence-corrected chi connectivity index (χ0v) is 14.0. The third-order valence-corrected chi connectivity index (χ3v) is 6.46. The van der Waals surface area contributed by atoms with Gasteiger partial charge in [-0.3, -0.25) is 9.59 Å². The van der Waals surface area contributed by atoms with Crippen LogP contribution in [0.2, 0.25) is 5.02 Å². The molecule has 4 heteroatoms. The van der Waals surface area contributed by atoms with Gasteiger partial charge < -0.3 is 4.74 Å². The maximum atomic E-state index is 13.2. The number of fused-ring (bicyclic) bond motifs is 1. The average molecular weight is 331 g/mol. The van der Waals surface area contributed by atoms with E-state index in [1.54, 1.807) is 0 Å². The number of allylic oxidation sites excluding steroid dienone is 2. The van der Waals surface area contributed by atoms with E-state index < -0.39 is 11.3 Å². The van der Waals surface area contributed by atoms with Crippen molar-refractivity contribution < 1.29 is 14.3 Å². The fourth-order valence-corrected chi connectivity index (χ4v) is 5.28. The number of hydrogen-bond donors (Lipinski definition) is 0. The molecule has 0 N–H and O–H groups in total. The number of halogens is 1. The fourth-order valence-electron chi connectivity index (χ4n) is 5.15. The second-order valence-corrected chi connectivity index (χ2v) is 7.45.